The SMILES string of the molecule is CCCN(C(=O)c1cnn(-c2ccc(F)cc2)n1)C1CCNCC1. The number of nitrogens with one attached hydrogen (secondary N) is 1. The Kier molecular flexibility index (Phi) is 5.20. The van der Waals surface area contributed by atoms with Gasteiger partial charge >= 0.3 is 0 Å². The number of hydrogen-bond acceptors (Lipinski definition) is 4. The predicted molar refractivity (Wildman–Crippen MR) is 88.5 cm³/mol. The maximum Gasteiger partial charge on any atom is 0.276 e. The van der Waals surface area contributed by atoms with Crippen molar-refractivity contribution in [2.24, 2.45) is 0 Å². The lowest BCUT2D eigenvalue weighted by atomic mass is 10.0. The van der Waals surface area contributed by atoms with Crippen LogP contribution < -0.4 is 5.32 Å². The molecule has 0 unspecified atom stereocenters. The van der Waals surface area contributed by atoms with E-state index in [1.807, 2.05) is 4.90 Å². The predicted octanol–water partition coefficient (Wildman–Crippen LogP) is 2.01. The van der Waals surface area contributed by atoms with Gasteiger partial charge in [-0.05, 0) is 56.6 Å². The summed E-state index contributed by atoms with van der Waals surface area (Å²) in [6.07, 6.45) is 4.30. The summed E-state index contributed by atoms with van der Waals surface area (Å²) in [5, 5.41) is 11.8. The van der Waals surface area contributed by atoms with Crippen LogP contribution in [0.5, 0.6) is 0 Å². The fourth-order valence-corrected chi connectivity index (χ4v) is 3.02. The highest BCUT2D eigenvalue weighted by molar-refractivity contribution is 5.92. The van der Waals surface area contributed by atoms with Gasteiger partial charge < -0.3 is 10.2 Å². The molecule has 3 rings (SSSR count). The molecule has 7 heteroatoms. The van der Waals surface area contributed by atoms with E-state index >= 15 is 0 Å². The Morgan fingerprint density at radius 3 is 2.71 bits per heavy atom. The van der Waals surface area contributed by atoms with Crippen LogP contribution in [0.25, 0.3) is 5.69 Å². The number of amides is 1. The van der Waals surface area contributed by atoms with E-state index in [9.17, 15) is 9.18 Å². The maximum atomic E-state index is 13.0. The summed E-state index contributed by atoms with van der Waals surface area (Å²) in [6.45, 7) is 4.64. The Bertz CT molecular complexity index is 679. The molecule has 1 aliphatic rings. The van der Waals surface area contributed by atoms with Crippen LogP contribution in [0.15, 0.2) is 30.5 Å². The number of hydrogen-bond donors (Lipinski definition) is 1. The lowest BCUT2D eigenvalue weighted by molar-refractivity contribution is 0.0636. The minimum Gasteiger partial charge on any atom is -0.334 e. The Balaban J connectivity index is 1.78. The normalized spacial score (nSPS) is 15.4. The molecule has 0 aliphatic carbocycles. The van der Waals surface area contributed by atoms with Crippen molar-refractivity contribution < 1.29 is 9.18 Å². The second-order valence-corrected chi connectivity index (χ2v) is 5.98. The van der Waals surface area contributed by atoms with Crippen molar-refractivity contribution in [3.63, 3.8) is 0 Å². The summed E-state index contributed by atoms with van der Waals surface area (Å²) in [5.41, 5.74) is 0.950. The van der Waals surface area contributed by atoms with Crippen LogP contribution in [-0.4, -0.2) is 51.5 Å². The second-order valence-electron chi connectivity index (χ2n) is 5.98. The summed E-state index contributed by atoms with van der Waals surface area (Å²) in [5.74, 6) is -0.403. The summed E-state index contributed by atoms with van der Waals surface area (Å²) < 4.78 is 13.0. The Morgan fingerprint density at radius 2 is 2.04 bits per heavy atom. The van der Waals surface area contributed by atoms with Crippen LogP contribution in [0.3, 0.4) is 0 Å². The van der Waals surface area contributed by atoms with Gasteiger partial charge in [0.25, 0.3) is 5.91 Å². The number of carbonyl (C=O) groups is 1. The maximum absolute atomic E-state index is 13.0. The molecular formula is C17H22FN5O. The van der Waals surface area contributed by atoms with Gasteiger partial charge in [0.1, 0.15) is 5.82 Å². The quantitative estimate of drug-likeness (QED) is 0.910. The van der Waals surface area contributed by atoms with Crippen molar-refractivity contribution in [1.82, 2.24) is 25.2 Å². The van der Waals surface area contributed by atoms with E-state index in [-0.39, 0.29) is 17.8 Å². The van der Waals surface area contributed by atoms with Gasteiger partial charge in [-0.15, -0.1) is 5.10 Å². The van der Waals surface area contributed by atoms with E-state index in [1.54, 1.807) is 12.1 Å². The van der Waals surface area contributed by atoms with E-state index in [0.29, 0.717) is 17.9 Å². The summed E-state index contributed by atoms with van der Waals surface area (Å²) in [6, 6.07) is 6.10. The molecule has 2 heterocycles. The van der Waals surface area contributed by atoms with E-state index in [4.69, 9.17) is 0 Å². The topological polar surface area (TPSA) is 63.1 Å². The molecule has 1 N–H and O–H groups in total. The molecule has 1 aromatic carbocycles. The number of carbonyl (C=O) groups excluding carboxylic acids is 1. The third-order valence-corrected chi connectivity index (χ3v) is 4.24. The summed E-state index contributed by atoms with van der Waals surface area (Å²) >= 11 is 0. The highest BCUT2D eigenvalue weighted by Crippen LogP contribution is 2.16. The largest absolute Gasteiger partial charge is 0.334 e. The van der Waals surface area contributed by atoms with Gasteiger partial charge in [-0.25, -0.2) is 4.39 Å². The fourth-order valence-electron chi connectivity index (χ4n) is 3.02. The van der Waals surface area contributed by atoms with E-state index in [0.717, 1.165) is 32.4 Å². The zero-order valence-corrected chi connectivity index (χ0v) is 13.8. The van der Waals surface area contributed by atoms with Gasteiger partial charge in [0.2, 0.25) is 0 Å². The van der Waals surface area contributed by atoms with E-state index in [2.05, 4.69) is 22.4 Å². The molecule has 0 atom stereocenters. The lowest BCUT2D eigenvalue weighted by Crippen LogP contribution is -2.46. The highest BCUT2D eigenvalue weighted by Gasteiger charge is 2.27. The number of rotatable bonds is 5. The first kappa shape index (κ1) is 16.6. The smallest absolute Gasteiger partial charge is 0.276 e. The molecule has 1 aliphatic heterocycles. The fraction of sp³-hybridized carbons (Fsp3) is 0.471. The lowest BCUT2D eigenvalue weighted by Gasteiger charge is -2.34. The second kappa shape index (κ2) is 7.53. The van der Waals surface area contributed by atoms with Crippen LogP contribution in [0.4, 0.5) is 4.39 Å². The molecular weight excluding hydrogens is 309 g/mol. The van der Waals surface area contributed by atoms with Crippen LogP contribution in [-0.2, 0) is 0 Å². The Labute approximate surface area is 140 Å². The molecule has 128 valence electrons. The number of benzene rings is 1. The molecule has 24 heavy (non-hydrogen) atoms. The molecule has 0 bridgehead atoms. The van der Waals surface area contributed by atoms with Crippen LogP contribution in [0, 0.1) is 5.82 Å². The molecule has 1 amide bonds. The molecule has 0 spiro atoms. The summed E-state index contributed by atoms with van der Waals surface area (Å²) in [4.78, 5) is 16.1. The number of halogens is 1. The first-order valence-corrected chi connectivity index (χ1v) is 8.39. The van der Waals surface area contributed by atoms with Crippen molar-refractivity contribution >= 4 is 5.91 Å². The Hall–Kier alpha value is -2.28. The molecule has 1 fully saturated rings. The van der Waals surface area contributed by atoms with Crippen molar-refractivity contribution in [2.75, 3.05) is 19.6 Å². The number of piperidine rings is 1. The minimum atomic E-state index is -0.317. The first-order chi connectivity index (χ1) is 11.7. The van der Waals surface area contributed by atoms with E-state index in [1.165, 1.54) is 23.1 Å². The minimum absolute atomic E-state index is 0.0860. The molecule has 6 nitrogen and oxygen atoms in total. The van der Waals surface area contributed by atoms with Crippen molar-refractivity contribution in [1.29, 1.82) is 0 Å². The van der Waals surface area contributed by atoms with Crippen molar-refractivity contribution in [3.8, 4) is 5.69 Å². The average molecular weight is 331 g/mol. The molecule has 1 aromatic heterocycles. The zero-order chi connectivity index (χ0) is 16.9. The van der Waals surface area contributed by atoms with Crippen molar-refractivity contribution in [2.45, 2.75) is 32.2 Å². The molecule has 2 aromatic rings. The van der Waals surface area contributed by atoms with Crippen molar-refractivity contribution in [3.05, 3.63) is 42.0 Å². The summed E-state index contributed by atoms with van der Waals surface area (Å²) in [7, 11) is 0. The third-order valence-electron chi connectivity index (χ3n) is 4.24. The number of aromatic nitrogens is 3. The highest BCUT2D eigenvalue weighted by atomic mass is 19.1. The first-order valence-electron chi connectivity index (χ1n) is 8.39. The van der Waals surface area contributed by atoms with Crippen LogP contribution >= 0.6 is 0 Å². The van der Waals surface area contributed by atoms with E-state index < -0.39 is 0 Å². The molecule has 0 saturated carbocycles. The van der Waals surface area contributed by atoms with Gasteiger partial charge in [0, 0.05) is 12.6 Å². The van der Waals surface area contributed by atoms with Gasteiger partial charge in [0.05, 0.1) is 11.9 Å². The van der Waals surface area contributed by atoms with Gasteiger partial charge in [-0.1, -0.05) is 6.92 Å². The van der Waals surface area contributed by atoms with Crippen LogP contribution in [0.1, 0.15) is 36.7 Å². The monoisotopic (exact) mass is 331 g/mol. The third kappa shape index (κ3) is 3.62. The van der Waals surface area contributed by atoms with Gasteiger partial charge in [0.15, 0.2) is 5.69 Å². The standard InChI is InChI=1S/C17H22FN5O/c1-2-11-22(14-7-9-19-10-8-14)17(24)16-12-20-23(21-16)15-5-3-13(18)4-6-15/h3-6,12,14,19H,2,7-11H2,1H3. The Morgan fingerprint density at radius 1 is 1.33 bits per heavy atom. The van der Waals surface area contributed by atoms with Gasteiger partial charge in [-0.2, -0.15) is 9.90 Å². The van der Waals surface area contributed by atoms with Crippen LogP contribution in [0.2, 0.25) is 0 Å². The number of nitrogens with zero attached hydrogens (tertiary/aromatic N) is 4. The molecule has 1 saturated heterocycles. The molecule has 0 radical (unpaired) electrons. The van der Waals surface area contributed by atoms with Gasteiger partial charge in [-0.3, -0.25) is 4.79 Å². The zero-order valence-electron chi connectivity index (χ0n) is 13.8. The average Bonchev–Trinajstić information content (AvgIpc) is 3.10.